The van der Waals surface area contributed by atoms with Crippen LogP contribution in [0.3, 0.4) is 0 Å². The fourth-order valence-corrected chi connectivity index (χ4v) is 2.27. The molecule has 1 aromatic rings. The van der Waals surface area contributed by atoms with E-state index in [4.69, 9.17) is 4.42 Å². The number of carbonyl (C=O) groups is 1. The molecule has 0 radical (unpaired) electrons. The quantitative estimate of drug-likeness (QED) is 0.740. The third kappa shape index (κ3) is 5.50. The summed E-state index contributed by atoms with van der Waals surface area (Å²) < 4.78 is 5.59. The number of hydrogen-bond acceptors (Lipinski definition) is 6. The Morgan fingerprint density at radius 3 is 2.65 bits per heavy atom. The van der Waals surface area contributed by atoms with Crippen LogP contribution in [0.15, 0.2) is 9.64 Å². The molecule has 114 valence electrons. The number of amides is 1. The molecule has 0 unspecified atom stereocenters. The largest absolute Gasteiger partial charge is 0.414 e. The second kappa shape index (κ2) is 8.26. The highest BCUT2D eigenvalue weighted by Gasteiger charge is 2.19. The highest BCUT2D eigenvalue weighted by Crippen LogP contribution is 2.24. The molecule has 1 heterocycles. The Hall–Kier alpha value is -1.08. The summed E-state index contributed by atoms with van der Waals surface area (Å²) >= 11 is 1.27. The fourth-order valence-electron chi connectivity index (χ4n) is 1.67. The molecule has 1 aromatic heterocycles. The van der Waals surface area contributed by atoms with E-state index in [9.17, 15) is 4.79 Å². The van der Waals surface area contributed by atoms with Gasteiger partial charge in [0.05, 0.1) is 11.8 Å². The molecule has 0 aliphatic carbocycles. The van der Waals surface area contributed by atoms with Crippen molar-refractivity contribution < 1.29 is 9.21 Å². The maximum atomic E-state index is 11.6. The number of rotatable bonds is 8. The lowest BCUT2D eigenvalue weighted by atomic mass is 10.2. The average Bonchev–Trinajstić information content (AvgIpc) is 2.83. The third-order valence-electron chi connectivity index (χ3n) is 2.75. The van der Waals surface area contributed by atoms with E-state index in [0.717, 1.165) is 6.42 Å². The molecule has 7 heteroatoms. The van der Waals surface area contributed by atoms with E-state index in [2.05, 4.69) is 36.3 Å². The highest BCUT2D eigenvalue weighted by molar-refractivity contribution is 7.99. The topological polar surface area (TPSA) is 71.3 Å². The summed E-state index contributed by atoms with van der Waals surface area (Å²) in [5.74, 6) is 1.34. The van der Waals surface area contributed by atoms with E-state index < -0.39 is 0 Å². The molecule has 0 spiro atoms. The van der Waals surface area contributed by atoms with Crippen LogP contribution < -0.4 is 5.32 Å². The lowest BCUT2D eigenvalue weighted by Crippen LogP contribution is -2.28. The number of nitrogens with zero attached hydrogens (tertiary/aromatic N) is 3. The van der Waals surface area contributed by atoms with Gasteiger partial charge in [-0.2, -0.15) is 0 Å². The zero-order valence-electron chi connectivity index (χ0n) is 12.8. The Balaban J connectivity index is 2.46. The van der Waals surface area contributed by atoms with Gasteiger partial charge in [0.1, 0.15) is 0 Å². The van der Waals surface area contributed by atoms with Crippen molar-refractivity contribution in [3.05, 3.63) is 5.89 Å². The Morgan fingerprint density at radius 2 is 2.10 bits per heavy atom. The maximum absolute atomic E-state index is 11.6. The number of thioether (sulfide) groups is 1. The van der Waals surface area contributed by atoms with Crippen LogP contribution in [-0.2, 0) is 4.79 Å². The summed E-state index contributed by atoms with van der Waals surface area (Å²) in [6, 6.07) is 0.117. The summed E-state index contributed by atoms with van der Waals surface area (Å²) in [5.41, 5.74) is 0. The second-order valence-corrected chi connectivity index (χ2v) is 6.21. The molecular formula is C13H24N4O2S. The first-order chi connectivity index (χ1) is 9.43. The standard InChI is InChI=1S/C13H24N4O2S/c1-6-10(17(4)5)12-15-16-13(19-12)20-8-11(18)14-7-9(2)3/h9-10H,6-8H2,1-5H3,(H,14,18)/t10-/m0/s1. The van der Waals surface area contributed by atoms with Gasteiger partial charge in [0, 0.05) is 6.54 Å². The molecule has 0 fully saturated rings. The van der Waals surface area contributed by atoms with Gasteiger partial charge in [-0.15, -0.1) is 10.2 Å². The van der Waals surface area contributed by atoms with Crippen molar-refractivity contribution in [1.29, 1.82) is 0 Å². The summed E-state index contributed by atoms with van der Waals surface area (Å²) in [5, 5.41) is 11.3. The number of hydrogen-bond donors (Lipinski definition) is 1. The molecule has 20 heavy (non-hydrogen) atoms. The normalized spacial score (nSPS) is 12.9. The molecule has 1 rings (SSSR count). The first kappa shape index (κ1) is 17.0. The van der Waals surface area contributed by atoms with Gasteiger partial charge in [-0.25, -0.2) is 0 Å². The van der Waals surface area contributed by atoms with E-state index in [0.29, 0.717) is 29.3 Å². The SMILES string of the molecule is CC[C@@H](c1nnc(SCC(=O)NCC(C)C)o1)N(C)C. The minimum absolute atomic E-state index is 0.0110. The van der Waals surface area contributed by atoms with Crippen LogP contribution in [0.5, 0.6) is 0 Å². The Kier molecular flexibility index (Phi) is 7.01. The van der Waals surface area contributed by atoms with Crippen LogP contribution in [0, 0.1) is 5.92 Å². The van der Waals surface area contributed by atoms with E-state index in [1.165, 1.54) is 11.8 Å². The monoisotopic (exact) mass is 300 g/mol. The lowest BCUT2D eigenvalue weighted by Gasteiger charge is -2.18. The first-order valence-corrected chi connectivity index (χ1v) is 7.81. The van der Waals surface area contributed by atoms with Crippen LogP contribution in [0.1, 0.15) is 39.1 Å². The number of carbonyl (C=O) groups excluding carboxylic acids is 1. The summed E-state index contributed by atoms with van der Waals surface area (Å²) in [4.78, 5) is 13.6. The van der Waals surface area contributed by atoms with Gasteiger partial charge in [-0.3, -0.25) is 9.69 Å². The third-order valence-corrected chi connectivity index (χ3v) is 3.57. The van der Waals surface area contributed by atoms with Crippen LogP contribution in [0.25, 0.3) is 0 Å². The van der Waals surface area contributed by atoms with E-state index >= 15 is 0 Å². The van der Waals surface area contributed by atoms with E-state index in [1.54, 1.807) is 0 Å². The molecule has 0 aromatic carbocycles. The summed E-state index contributed by atoms with van der Waals surface area (Å²) in [6.45, 7) is 6.88. The minimum atomic E-state index is -0.0110. The Bertz CT molecular complexity index is 420. The van der Waals surface area contributed by atoms with Gasteiger partial charge in [0.15, 0.2) is 0 Å². The Morgan fingerprint density at radius 1 is 1.40 bits per heavy atom. The zero-order valence-corrected chi connectivity index (χ0v) is 13.7. The van der Waals surface area contributed by atoms with Gasteiger partial charge < -0.3 is 9.73 Å². The van der Waals surface area contributed by atoms with Gasteiger partial charge in [-0.05, 0) is 26.4 Å². The van der Waals surface area contributed by atoms with Gasteiger partial charge in [0.2, 0.25) is 11.8 Å². The molecule has 1 N–H and O–H groups in total. The van der Waals surface area contributed by atoms with Crippen molar-refractivity contribution in [1.82, 2.24) is 20.4 Å². The molecule has 0 bridgehead atoms. The second-order valence-electron chi connectivity index (χ2n) is 5.28. The first-order valence-electron chi connectivity index (χ1n) is 6.83. The van der Waals surface area contributed by atoms with Crippen LogP contribution in [0.4, 0.5) is 0 Å². The van der Waals surface area contributed by atoms with Crippen molar-refractivity contribution in [2.45, 2.75) is 38.5 Å². The predicted molar refractivity (Wildman–Crippen MR) is 79.6 cm³/mol. The van der Waals surface area contributed by atoms with Crippen LogP contribution in [0.2, 0.25) is 0 Å². The average molecular weight is 300 g/mol. The molecule has 0 aliphatic rings. The molecule has 1 atom stereocenters. The molecule has 6 nitrogen and oxygen atoms in total. The van der Waals surface area contributed by atoms with Gasteiger partial charge >= 0.3 is 0 Å². The molecule has 0 saturated heterocycles. The zero-order chi connectivity index (χ0) is 15.1. The van der Waals surface area contributed by atoms with Gasteiger partial charge in [0.25, 0.3) is 5.22 Å². The molecular weight excluding hydrogens is 276 g/mol. The predicted octanol–water partition coefficient (Wildman–Crippen LogP) is 1.95. The van der Waals surface area contributed by atoms with Crippen molar-refractivity contribution >= 4 is 17.7 Å². The maximum Gasteiger partial charge on any atom is 0.277 e. The van der Waals surface area contributed by atoms with E-state index in [-0.39, 0.29) is 11.9 Å². The summed E-state index contributed by atoms with van der Waals surface area (Å²) in [7, 11) is 3.95. The minimum Gasteiger partial charge on any atom is -0.414 e. The van der Waals surface area contributed by atoms with Gasteiger partial charge in [-0.1, -0.05) is 32.5 Å². The highest BCUT2D eigenvalue weighted by atomic mass is 32.2. The number of nitrogens with one attached hydrogen (secondary N) is 1. The van der Waals surface area contributed by atoms with E-state index in [1.807, 2.05) is 19.0 Å². The van der Waals surface area contributed by atoms with Crippen LogP contribution in [-0.4, -0.2) is 47.4 Å². The molecule has 1 amide bonds. The van der Waals surface area contributed by atoms with Crippen molar-refractivity contribution in [2.24, 2.45) is 5.92 Å². The van der Waals surface area contributed by atoms with Crippen molar-refractivity contribution in [3.63, 3.8) is 0 Å². The molecule has 0 aliphatic heterocycles. The van der Waals surface area contributed by atoms with Crippen molar-refractivity contribution in [2.75, 3.05) is 26.4 Å². The van der Waals surface area contributed by atoms with Crippen molar-refractivity contribution in [3.8, 4) is 0 Å². The fraction of sp³-hybridized carbons (Fsp3) is 0.769. The molecule has 0 saturated carbocycles. The summed E-state index contributed by atoms with van der Waals surface area (Å²) in [6.07, 6.45) is 0.897. The smallest absolute Gasteiger partial charge is 0.277 e. The van der Waals surface area contributed by atoms with Crippen LogP contribution >= 0.6 is 11.8 Å². The Labute approximate surface area is 124 Å². The number of aromatic nitrogens is 2. The lowest BCUT2D eigenvalue weighted by molar-refractivity contribution is -0.118.